The maximum atomic E-state index is 13.1. The summed E-state index contributed by atoms with van der Waals surface area (Å²) in [5.74, 6) is 0.0435. The van der Waals surface area contributed by atoms with E-state index in [1.807, 2.05) is 4.90 Å². The van der Waals surface area contributed by atoms with Gasteiger partial charge in [0.15, 0.2) is 0 Å². The van der Waals surface area contributed by atoms with Crippen LogP contribution in [0.15, 0.2) is 18.2 Å². The minimum absolute atomic E-state index is 0.0963. The van der Waals surface area contributed by atoms with E-state index in [1.165, 1.54) is 16.1 Å². The van der Waals surface area contributed by atoms with Crippen molar-refractivity contribution in [2.24, 2.45) is 5.92 Å². The molecule has 7 nitrogen and oxygen atoms in total. The van der Waals surface area contributed by atoms with Gasteiger partial charge in [0.25, 0.3) is 0 Å². The Morgan fingerprint density at radius 2 is 1.78 bits per heavy atom. The number of carbonyl (C=O) groups excluding carboxylic acids is 1. The van der Waals surface area contributed by atoms with Gasteiger partial charge in [-0.2, -0.15) is 0 Å². The van der Waals surface area contributed by atoms with Crippen LogP contribution in [0.3, 0.4) is 0 Å². The van der Waals surface area contributed by atoms with E-state index in [-0.39, 0.29) is 11.8 Å². The summed E-state index contributed by atoms with van der Waals surface area (Å²) in [6.45, 7) is 4.80. The molecule has 2 fully saturated rings. The standard InChI is InChI=1S/C19H27N3O4S/c1-27(24,25)21-7-4-16(5-8-21)19(23)22-9-6-15-2-3-17(14-18(15)22)20-10-12-26-13-11-20/h2-3,14,16H,4-13H2,1H3. The van der Waals surface area contributed by atoms with Gasteiger partial charge in [-0.05, 0) is 37.0 Å². The van der Waals surface area contributed by atoms with Crippen LogP contribution in [0.25, 0.3) is 0 Å². The van der Waals surface area contributed by atoms with E-state index in [4.69, 9.17) is 4.74 Å². The van der Waals surface area contributed by atoms with Gasteiger partial charge in [0.2, 0.25) is 15.9 Å². The Labute approximate surface area is 160 Å². The molecule has 0 saturated carbocycles. The third kappa shape index (κ3) is 3.83. The first-order valence-electron chi connectivity index (χ1n) is 9.65. The number of hydrogen-bond donors (Lipinski definition) is 0. The monoisotopic (exact) mass is 393 g/mol. The number of morpholine rings is 1. The number of nitrogens with zero attached hydrogens (tertiary/aromatic N) is 3. The van der Waals surface area contributed by atoms with Crippen LogP contribution in [0, 0.1) is 5.92 Å². The maximum Gasteiger partial charge on any atom is 0.230 e. The summed E-state index contributed by atoms with van der Waals surface area (Å²) in [5.41, 5.74) is 3.38. The molecule has 0 unspecified atom stereocenters. The lowest BCUT2D eigenvalue weighted by molar-refractivity contribution is -0.123. The van der Waals surface area contributed by atoms with Crippen molar-refractivity contribution in [1.29, 1.82) is 0 Å². The molecule has 1 aromatic rings. The average molecular weight is 394 g/mol. The zero-order chi connectivity index (χ0) is 19.0. The summed E-state index contributed by atoms with van der Waals surface area (Å²) in [5, 5.41) is 0. The molecule has 0 aromatic heterocycles. The van der Waals surface area contributed by atoms with Crippen LogP contribution in [0.2, 0.25) is 0 Å². The molecular formula is C19H27N3O4S. The van der Waals surface area contributed by atoms with Crippen molar-refractivity contribution in [2.45, 2.75) is 19.3 Å². The van der Waals surface area contributed by atoms with Crippen molar-refractivity contribution in [1.82, 2.24) is 4.31 Å². The highest BCUT2D eigenvalue weighted by Gasteiger charge is 2.34. The van der Waals surface area contributed by atoms with Crippen molar-refractivity contribution in [3.63, 3.8) is 0 Å². The lowest BCUT2D eigenvalue weighted by atomic mass is 9.96. The van der Waals surface area contributed by atoms with Gasteiger partial charge in [-0.3, -0.25) is 4.79 Å². The largest absolute Gasteiger partial charge is 0.378 e. The van der Waals surface area contributed by atoms with E-state index in [0.29, 0.717) is 32.5 Å². The Bertz CT molecular complexity index is 812. The van der Waals surface area contributed by atoms with Gasteiger partial charge >= 0.3 is 0 Å². The number of amides is 1. The van der Waals surface area contributed by atoms with E-state index < -0.39 is 10.0 Å². The van der Waals surface area contributed by atoms with E-state index in [1.54, 1.807) is 0 Å². The van der Waals surface area contributed by atoms with Gasteiger partial charge < -0.3 is 14.5 Å². The molecule has 3 aliphatic heterocycles. The summed E-state index contributed by atoms with van der Waals surface area (Å²) >= 11 is 0. The fourth-order valence-corrected chi connectivity index (χ4v) is 5.14. The second kappa shape index (κ2) is 7.41. The summed E-state index contributed by atoms with van der Waals surface area (Å²) < 4.78 is 30.3. The molecule has 148 valence electrons. The molecular weight excluding hydrogens is 366 g/mol. The molecule has 0 radical (unpaired) electrons. The summed E-state index contributed by atoms with van der Waals surface area (Å²) in [7, 11) is -3.17. The molecule has 4 rings (SSSR count). The number of carbonyl (C=O) groups is 1. The first kappa shape index (κ1) is 18.7. The molecule has 3 aliphatic rings. The van der Waals surface area contributed by atoms with Gasteiger partial charge in [-0.25, -0.2) is 12.7 Å². The second-order valence-corrected chi connectivity index (χ2v) is 9.57. The SMILES string of the molecule is CS(=O)(=O)N1CCC(C(=O)N2CCc3ccc(N4CCOCC4)cc32)CC1. The zero-order valence-electron chi connectivity index (χ0n) is 15.8. The molecule has 0 atom stereocenters. The van der Waals surface area contributed by atoms with E-state index in [9.17, 15) is 13.2 Å². The minimum Gasteiger partial charge on any atom is -0.378 e. The zero-order valence-corrected chi connectivity index (χ0v) is 16.6. The highest BCUT2D eigenvalue weighted by molar-refractivity contribution is 7.88. The van der Waals surface area contributed by atoms with Gasteiger partial charge in [-0.1, -0.05) is 6.07 Å². The molecule has 2 saturated heterocycles. The normalized spacial score (nSPS) is 22.1. The molecule has 1 amide bonds. The van der Waals surface area contributed by atoms with Gasteiger partial charge in [-0.15, -0.1) is 0 Å². The molecule has 0 aliphatic carbocycles. The van der Waals surface area contributed by atoms with Crippen molar-refractivity contribution in [3.05, 3.63) is 23.8 Å². The van der Waals surface area contributed by atoms with Crippen LogP contribution >= 0.6 is 0 Å². The quantitative estimate of drug-likeness (QED) is 0.769. The Morgan fingerprint density at radius 1 is 1.07 bits per heavy atom. The summed E-state index contributed by atoms with van der Waals surface area (Å²) in [4.78, 5) is 17.3. The molecule has 1 aromatic carbocycles. The summed E-state index contributed by atoms with van der Waals surface area (Å²) in [6.07, 6.45) is 3.31. The van der Waals surface area contributed by atoms with Crippen LogP contribution in [-0.4, -0.2) is 70.8 Å². The Balaban J connectivity index is 1.48. The number of anilines is 2. The lowest BCUT2D eigenvalue weighted by Crippen LogP contribution is -2.43. The van der Waals surface area contributed by atoms with Crippen molar-refractivity contribution < 1.29 is 17.9 Å². The number of piperidine rings is 1. The fourth-order valence-electron chi connectivity index (χ4n) is 4.27. The van der Waals surface area contributed by atoms with Crippen LogP contribution < -0.4 is 9.80 Å². The van der Waals surface area contributed by atoms with E-state index in [2.05, 4.69) is 23.1 Å². The van der Waals surface area contributed by atoms with Crippen LogP contribution in [-0.2, 0) is 26.0 Å². The highest BCUT2D eigenvalue weighted by atomic mass is 32.2. The predicted molar refractivity (Wildman–Crippen MR) is 105 cm³/mol. The van der Waals surface area contributed by atoms with Crippen LogP contribution in [0.5, 0.6) is 0 Å². The highest BCUT2D eigenvalue weighted by Crippen LogP contribution is 2.34. The first-order chi connectivity index (χ1) is 12.9. The van der Waals surface area contributed by atoms with Gasteiger partial charge in [0.05, 0.1) is 19.5 Å². The summed E-state index contributed by atoms with van der Waals surface area (Å²) in [6, 6.07) is 6.42. The molecule has 3 heterocycles. The molecule has 27 heavy (non-hydrogen) atoms. The van der Waals surface area contributed by atoms with Crippen LogP contribution in [0.4, 0.5) is 11.4 Å². The van der Waals surface area contributed by atoms with Crippen LogP contribution in [0.1, 0.15) is 18.4 Å². The number of ether oxygens (including phenoxy) is 1. The first-order valence-corrected chi connectivity index (χ1v) is 11.5. The Morgan fingerprint density at radius 3 is 2.44 bits per heavy atom. The number of benzene rings is 1. The van der Waals surface area contributed by atoms with Gasteiger partial charge in [0.1, 0.15) is 0 Å². The lowest BCUT2D eigenvalue weighted by Gasteiger charge is -2.32. The Hall–Kier alpha value is -1.64. The average Bonchev–Trinajstić information content (AvgIpc) is 3.11. The smallest absolute Gasteiger partial charge is 0.230 e. The number of rotatable bonds is 3. The second-order valence-electron chi connectivity index (χ2n) is 7.59. The van der Waals surface area contributed by atoms with E-state index >= 15 is 0 Å². The molecule has 0 N–H and O–H groups in total. The van der Waals surface area contributed by atoms with Crippen molar-refractivity contribution in [3.8, 4) is 0 Å². The van der Waals surface area contributed by atoms with E-state index in [0.717, 1.165) is 44.1 Å². The molecule has 0 bridgehead atoms. The van der Waals surface area contributed by atoms with Crippen molar-refractivity contribution in [2.75, 3.05) is 62.0 Å². The number of sulfonamides is 1. The fraction of sp³-hybridized carbons (Fsp3) is 0.632. The maximum absolute atomic E-state index is 13.1. The molecule has 0 spiro atoms. The molecule has 8 heteroatoms. The third-order valence-corrected chi connectivity index (χ3v) is 7.18. The Kier molecular flexibility index (Phi) is 5.13. The number of fused-ring (bicyclic) bond motifs is 1. The van der Waals surface area contributed by atoms with Crippen molar-refractivity contribution >= 4 is 27.3 Å². The van der Waals surface area contributed by atoms with Gasteiger partial charge in [0, 0.05) is 50.0 Å². The third-order valence-electron chi connectivity index (χ3n) is 5.88. The predicted octanol–water partition coefficient (Wildman–Crippen LogP) is 1.08. The topological polar surface area (TPSA) is 70.2 Å². The minimum atomic E-state index is -3.17. The number of hydrogen-bond acceptors (Lipinski definition) is 5.